The summed E-state index contributed by atoms with van der Waals surface area (Å²) in [6.07, 6.45) is 80.1. The first-order valence-corrected chi connectivity index (χ1v) is 35.5. The Bertz CT molecular complexity index is 1530. The maximum Gasteiger partial charge on any atom is 0.306 e. The zero-order valence-electron chi connectivity index (χ0n) is 53.3. The molecule has 0 rings (SSSR count). The third kappa shape index (κ3) is 64.9. The minimum atomic E-state index is -4.64. The summed E-state index contributed by atoms with van der Waals surface area (Å²) in [6.45, 7) is 4.26. The van der Waals surface area contributed by atoms with Crippen molar-refractivity contribution in [2.45, 2.75) is 328 Å². The number of nitrogens with zero attached hydrogens (tertiary/aromatic N) is 1. The summed E-state index contributed by atoms with van der Waals surface area (Å²) in [5.74, 6) is -0.825. The van der Waals surface area contributed by atoms with Gasteiger partial charge in [-0.25, -0.2) is 0 Å². The third-order valence-corrected chi connectivity index (χ3v) is 16.0. The number of phosphoric ester groups is 1. The molecule has 80 heavy (non-hydrogen) atoms. The molecule has 2 atom stereocenters. The average molecular weight is 1140 g/mol. The van der Waals surface area contributed by atoms with Gasteiger partial charge in [-0.2, -0.15) is 0 Å². The second-order valence-electron chi connectivity index (χ2n) is 24.2. The Balaban J connectivity index is 4.04. The van der Waals surface area contributed by atoms with Crippen molar-refractivity contribution in [1.29, 1.82) is 0 Å². The Kier molecular flexibility index (Phi) is 59.5. The fourth-order valence-corrected chi connectivity index (χ4v) is 10.5. The van der Waals surface area contributed by atoms with Gasteiger partial charge in [-0.15, -0.1) is 0 Å². The van der Waals surface area contributed by atoms with E-state index in [2.05, 4.69) is 74.6 Å². The molecule has 0 spiro atoms. The number of unbranched alkanes of at least 4 members (excludes halogenated alkanes) is 39. The van der Waals surface area contributed by atoms with Crippen LogP contribution in [0.4, 0.5) is 0 Å². The molecule has 2 unspecified atom stereocenters. The van der Waals surface area contributed by atoms with E-state index in [1.165, 1.54) is 225 Å². The van der Waals surface area contributed by atoms with E-state index < -0.39 is 26.5 Å². The molecule has 0 aliphatic heterocycles. The van der Waals surface area contributed by atoms with Crippen molar-refractivity contribution in [3.8, 4) is 0 Å². The smallest absolute Gasteiger partial charge is 0.306 e. The van der Waals surface area contributed by atoms with Gasteiger partial charge in [-0.1, -0.05) is 286 Å². The van der Waals surface area contributed by atoms with E-state index in [-0.39, 0.29) is 32.0 Å². The van der Waals surface area contributed by atoms with Gasteiger partial charge in [0.05, 0.1) is 27.7 Å². The van der Waals surface area contributed by atoms with Crippen LogP contribution in [-0.2, 0) is 32.7 Å². The van der Waals surface area contributed by atoms with E-state index >= 15 is 0 Å². The molecule has 0 aromatic heterocycles. The molecule has 0 heterocycles. The van der Waals surface area contributed by atoms with Crippen molar-refractivity contribution in [3.63, 3.8) is 0 Å². The summed E-state index contributed by atoms with van der Waals surface area (Å²) in [7, 11) is 1.17. The van der Waals surface area contributed by atoms with E-state index in [0.29, 0.717) is 17.4 Å². The standard InChI is InChI=1S/C70H130NO8P/c1-6-8-10-12-14-16-18-20-22-24-26-28-30-32-33-34-35-36-37-39-40-42-44-46-48-50-52-54-56-58-60-62-69(72)76-66-68(67-78-80(74,75)77-65-64-71(3,4)5)79-70(73)63-61-59-57-55-53-51-49-47-45-43-41-38-31-29-27-25-23-21-19-17-15-13-11-9-7-2/h18-21,24-27,31,38,68H,6-17,22-23,28-30,32-37,39-67H2,1-5H3/b20-18-,21-19-,26-24-,27-25-,38-31-. The van der Waals surface area contributed by atoms with Gasteiger partial charge in [0.1, 0.15) is 19.8 Å². The van der Waals surface area contributed by atoms with Crippen LogP contribution in [0.2, 0.25) is 0 Å². The molecule has 0 saturated heterocycles. The Hall–Kier alpha value is -2.29. The lowest BCUT2D eigenvalue weighted by Crippen LogP contribution is -2.37. The SMILES string of the molecule is CCCCCCC/C=C\C/C=C\C/C=C\CCCCCCCCCCCCC(=O)OC(COC(=O)CCCCCCCCCCCCCCCCCCCCC/C=C\C/C=C\CCCCCCC)COP(=O)([O-])OCC[N+](C)(C)C. The van der Waals surface area contributed by atoms with Crippen LogP contribution in [0.3, 0.4) is 0 Å². The Morgan fingerprint density at radius 1 is 0.388 bits per heavy atom. The fraction of sp³-hybridized carbons (Fsp3) is 0.829. The van der Waals surface area contributed by atoms with E-state index in [0.717, 1.165) is 64.2 Å². The number of esters is 2. The number of ether oxygens (including phenoxy) is 2. The van der Waals surface area contributed by atoms with Crippen LogP contribution in [-0.4, -0.2) is 70.0 Å². The highest BCUT2D eigenvalue weighted by molar-refractivity contribution is 7.45. The summed E-state index contributed by atoms with van der Waals surface area (Å²) in [5, 5.41) is 0. The van der Waals surface area contributed by atoms with Crippen LogP contribution in [0.15, 0.2) is 60.8 Å². The molecule has 9 nitrogen and oxygen atoms in total. The van der Waals surface area contributed by atoms with Gasteiger partial charge in [-0.05, 0) is 83.5 Å². The first-order valence-electron chi connectivity index (χ1n) is 34.0. The van der Waals surface area contributed by atoms with Crippen molar-refractivity contribution in [3.05, 3.63) is 60.8 Å². The molecule has 0 amide bonds. The molecule has 0 bridgehead atoms. The Morgan fingerprint density at radius 3 is 1.00 bits per heavy atom. The minimum Gasteiger partial charge on any atom is -0.756 e. The van der Waals surface area contributed by atoms with Gasteiger partial charge in [0, 0.05) is 12.8 Å². The van der Waals surface area contributed by atoms with E-state index in [1.54, 1.807) is 0 Å². The maximum atomic E-state index is 12.8. The Labute approximate surface area is 496 Å². The number of carbonyl (C=O) groups excluding carboxylic acids is 2. The highest BCUT2D eigenvalue weighted by Gasteiger charge is 2.22. The lowest BCUT2D eigenvalue weighted by atomic mass is 10.0. The third-order valence-electron chi connectivity index (χ3n) is 15.0. The molecule has 0 N–H and O–H groups in total. The summed E-state index contributed by atoms with van der Waals surface area (Å²) in [4.78, 5) is 38.0. The molecule has 468 valence electrons. The van der Waals surface area contributed by atoms with Gasteiger partial charge in [0.25, 0.3) is 7.82 Å². The second kappa shape index (κ2) is 61.3. The first kappa shape index (κ1) is 77.7. The monoisotopic (exact) mass is 1140 g/mol. The van der Waals surface area contributed by atoms with E-state index in [1.807, 2.05) is 21.1 Å². The molecule has 0 aliphatic rings. The molecular formula is C70H130NO8P. The topological polar surface area (TPSA) is 111 Å². The highest BCUT2D eigenvalue weighted by Crippen LogP contribution is 2.38. The summed E-state index contributed by atoms with van der Waals surface area (Å²) >= 11 is 0. The molecule has 0 radical (unpaired) electrons. The first-order chi connectivity index (χ1) is 39.0. The molecule has 0 aliphatic carbocycles. The van der Waals surface area contributed by atoms with Crippen LogP contribution in [0.25, 0.3) is 0 Å². The molecule has 0 saturated carbocycles. The van der Waals surface area contributed by atoms with Crippen molar-refractivity contribution < 1.29 is 42.1 Å². The quantitative estimate of drug-likeness (QED) is 0.0195. The van der Waals surface area contributed by atoms with Crippen LogP contribution in [0.5, 0.6) is 0 Å². The van der Waals surface area contributed by atoms with Gasteiger partial charge in [0.2, 0.25) is 0 Å². The lowest BCUT2D eigenvalue weighted by molar-refractivity contribution is -0.870. The number of rotatable bonds is 63. The summed E-state index contributed by atoms with van der Waals surface area (Å²) in [6, 6.07) is 0. The predicted molar refractivity (Wildman–Crippen MR) is 342 cm³/mol. The fourth-order valence-electron chi connectivity index (χ4n) is 9.76. The van der Waals surface area contributed by atoms with E-state index in [4.69, 9.17) is 18.5 Å². The summed E-state index contributed by atoms with van der Waals surface area (Å²) in [5.41, 5.74) is 0. The zero-order valence-corrected chi connectivity index (χ0v) is 54.2. The number of phosphoric acid groups is 1. The number of allylic oxidation sites excluding steroid dienone is 10. The number of hydrogen-bond acceptors (Lipinski definition) is 8. The van der Waals surface area contributed by atoms with Crippen LogP contribution in [0.1, 0.15) is 322 Å². The van der Waals surface area contributed by atoms with Crippen molar-refractivity contribution in [1.82, 2.24) is 0 Å². The number of likely N-dealkylation sites (N-methyl/N-ethyl adjacent to an activating group) is 1. The second-order valence-corrected chi connectivity index (χ2v) is 25.6. The predicted octanol–water partition coefficient (Wildman–Crippen LogP) is 21.2. The van der Waals surface area contributed by atoms with Gasteiger partial charge in [0.15, 0.2) is 6.10 Å². The zero-order chi connectivity index (χ0) is 58.4. The highest BCUT2D eigenvalue weighted by atomic mass is 31.2. The van der Waals surface area contributed by atoms with Crippen molar-refractivity contribution >= 4 is 19.8 Å². The number of hydrogen-bond donors (Lipinski definition) is 0. The maximum absolute atomic E-state index is 12.8. The molecule has 10 heteroatoms. The van der Waals surface area contributed by atoms with E-state index in [9.17, 15) is 19.0 Å². The molecule has 0 aromatic carbocycles. The van der Waals surface area contributed by atoms with Crippen molar-refractivity contribution in [2.75, 3.05) is 47.5 Å². The number of quaternary nitrogens is 1. The van der Waals surface area contributed by atoms with Crippen LogP contribution < -0.4 is 4.89 Å². The van der Waals surface area contributed by atoms with Gasteiger partial charge >= 0.3 is 11.9 Å². The van der Waals surface area contributed by atoms with Crippen LogP contribution >= 0.6 is 7.82 Å². The molecule has 0 aromatic rings. The minimum absolute atomic E-state index is 0.0318. The number of carbonyl (C=O) groups is 2. The van der Waals surface area contributed by atoms with Gasteiger partial charge < -0.3 is 27.9 Å². The van der Waals surface area contributed by atoms with Crippen molar-refractivity contribution in [2.24, 2.45) is 0 Å². The largest absolute Gasteiger partial charge is 0.756 e. The Morgan fingerprint density at radius 2 is 0.675 bits per heavy atom. The normalized spacial score (nSPS) is 13.5. The molecule has 0 fully saturated rings. The molecular weight excluding hydrogens is 1010 g/mol. The lowest BCUT2D eigenvalue weighted by Gasteiger charge is -2.28. The average Bonchev–Trinajstić information content (AvgIpc) is 3.42. The summed E-state index contributed by atoms with van der Waals surface area (Å²) < 4.78 is 34.3. The van der Waals surface area contributed by atoms with Crippen LogP contribution in [0, 0.1) is 0 Å². The van der Waals surface area contributed by atoms with Gasteiger partial charge in [-0.3, -0.25) is 14.2 Å².